The van der Waals surface area contributed by atoms with Crippen LogP contribution in [0.25, 0.3) is 11.0 Å². The van der Waals surface area contributed by atoms with Gasteiger partial charge in [-0.3, -0.25) is 4.98 Å². The predicted molar refractivity (Wildman–Crippen MR) is 117 cm³/mol. The SMILES string of the molecule is Cc1cccc2c1N1C(C)c3c(n(C)c4cccnc34)C1(C)C(C)(C)C2(C)C. The normalized spacial score (nSPS) is 26.9. The van der Waals surface area contributed by atoms with E-state index < -0.39 is 0 Å². The van der Waals surface area contributed by atoms with Crippen molar-refractivity contribution in [3.8, 4) is 0 Å². The summed E-state index contributed by atoms with van der Waals surface area (Å²) in [5.74, 6) is 0. The molecule has 5 rings (SSSR count). The van der Waals surface area contributed by atoms with E-state index in [0.717, 1.165) is 5.52 Å². The quantitative estimate of drug-likeness (QED) is 0.482. The van der Waals surface area contributed by atoms with Crippen LogP contribution in [0.1, 0.15) is 70.0 Å². The van der Waals surface area contributed by atoms with E-state index in [-0.39, 0.29) is 22.4 Å². The zero-order valence-corrected chi connectivity index (χ0v) is 18.4. The second-order valence-electron chi connectivity index (χ2n) is 10.0. The van der Waals surface area contributed by atoms with E-state index in [2.05, 4.69) is 95.3 Å². The Hall–Kier alpha value is -2.29. The third-order valence-electron chi connectivity index (χ3n) is 8.67. The van der Waals surface area contributed by atoms with Crippen molar-refractivity contribution in [2.45, 2.75) is 65.5 Å². The molecule has 4 heterocycles. The lowest BCUT2D eigenvalue weighted by Crippen LogP contribution is -2.62. The third-order valence-corrected chi connectivity index (χ3v) is 8.67. The Kier molecular flexibility index (Phi) is 3.18. The van der Waals surface area contributed by atoms with Crippen molar-refractivity contribution >= 4 is 16.7 Å². The molecule has 0 saturated carbocycles. The molecule has 146 valence electrons. The van der Waals surface area contributed by atoms with E-state index in [4.69, 9.17) is 4.98 Å². The van der Waals surface area contributed by atoms with Crippen LogP contribution in [0.15, 0.2) is 36.5 Å². The largest absolute Gasteiger partial charge is 0.353 e. The number of hydrogen-bond donors (Lipinski definition) is 0. The molecule has 28 heavy (non-hydrogen) atoms. The summed E-state index contributed by atoms with van der Waals surface area (Å²) >= 11 is 0. The molecule has 0 amide bonds. The maximum atomic E-state index is 4.83. The Labute approximate surface area is 168 Å². The molecule has 0 N–H and O–H groups in total. The van der Waals surface area contributed by atoms with Crippen LogP contribution in [-0.4, -0.2) is 9.55 Å². The summed E-state index contributed by atoms with van der Waals surface area (Å²) in [6.07, 6.45) is 1.93. The molecule has 2 atom stereocenters. The molecule has 2 aliphatic heterocycles. The standard InChI is InChI=1S/C25H31N3/c1-15-11-9-12-17-21(15)28-16(2)19-20-18(13-10-14-26-20)27(8)22(19)25(28,7)24(5,6)23(17,3)4/h9-14,16H,1-8H3. The smallest absolute Gasteiger partial charge is 0.0937 e. The van der Waals surface area contributed by atoms with Crippen LogP contribution in [0.5, 0.6) is 0 Å². The molecule has 0 fully saturated rings. The number of para-hydroxylation sites is 1. The molecule has 0 spiro atoms. The molecule has 0 bridgehead atoms. The first-order valence-electron chi connectivity index (χ1n) is 10.4. The van der Waals surface area contributed by atoms with Gasteiger partial charge in [0.2, 0.25) is 0 Å². The summed E-state index contributed by atoms with van der Waals surface area (Å²) in [5, 5.41) is 0. The zero-order chi connectivity index (χ0) is 20.2. The Morgan fingerprint density at radius 3 is 2.43 bits per heavy atom. The molecular formula is C25H31N3. The fraction of sp³-hybridized carbons (Fsp3) is 0.480. The zero-order valence-electron chi connectivity index (χ0n) is 18.4. The Balaban J connectivity index is 1.97. The second kappa shape index (κ2) is 5.00. The number of benzene rings is 1. The van der Waals surface area contributed by atoms with Gasteiger partial charge in [0, 0.05) is 29.9 Å². The van der Waals surface area contributed by atoms with Crippen LogP contribution in [-0.2, 0) is 18.0 Å². The topological polar surface area (TPSA) is 21.1 Å². The third kappa shape index (κ3) is 1.63. The lowest BCUT2D eigenvalue weighted by molar-refractivity contribution is 0.0608. The highest BCUT2D eigenvalue weighted by Gasteiger charge is 2.65. The minimum Gasteiger partial charge on any atom is -0.353 e. The van der Waals surface area contributed by atoms with Gasteiger partial charge in [-0.25, -0.2) is 0 Å². The van der Waals surface area contributed by atoms with Crippen LogP contribution in [0.4, 0.5) is 5.69 Å². The summed E-state index contributed by atoms with van der Waals surface area (Å²) < 4.78 is 2.41. The highest BCUT2D eigenvalue weighted by atomic mass is 15.3. The number of nitrogens with zero attached hydrogens (tertiary/aromatic N) is 3. The number of fused-ring (bicyclic) bond motifs is 7. The van der Waals surface area contributed by atoms with Crippen molar-refractivity contribution in [2.24, 2.45) is 12.5 Å². The first-order valence-corrected chi connectivity index (χ1v) is 10.4. The van der Waals surface area contributed by atoms with Crippen LogP contribution in [0.2, 0.25) is 0 Å². The Morgan fingerprint density at radius 2 is 1.71 bits per heavy atom. The van der Waals surface area contributed by atoms with Crippen LogP contribution >= 0.6 is 0 Å². The van der Waals surface area contributed by atoms with Crippen molar-refractivity contribution in [1.82, 2.24) is 9.55 Å². The van der Waals surface area contributed by atoms with Crippen LogP contribution in [0.3, 0.4) is 0 Å². The molecule has 0 saturated heterocycles. The highest BCUT2D eigenvalue weighted by molar-refractivity contribution is 5.87. The Morgan fingerprint density at radius 1 is 1.00 bits per heavy atom. The van der Waals surface area contributed by atoms with E-state index in [1.54, 1.807) is 0 Å². The molecular weight excluding hydrogens is 342 g/mol. The van der Waals surface area contributed by atoms with Crippen LogP contribution < -0.4 is 4.90 Å². The van der Waals surface area contributed by atoms with Crippen molar-refractivity contribution < 1.29 is 0 Å². The number of aromatic nitrogens is 2. The second-order valence-corrected chi connectivity index (χ2v) is 10.0. The number of pyridine rings is 1. The van der Waals surface area contributed by atoms with Crippen molar-refractivity contribution in [2.75, 3.05) is 4.90 Å². The average molecular weight is 374 g/mol. The fourth-order valence-electron chi connectivity index (χ4n) is 6.35. The van der Waals surface area contributed by atoms with E-state index in [9.17, 15) is 0 Å². The summed E-state index contributed by atoms with van der Waals surface area (Å²) in [6, 6.07) is 11.4. The average Bonchev–Trinajstić information content (AvgIpc) is 3.07. The van der Waals surface area contributed by atoms with Crippen LogP contribution in [0, 0.1) is 12.3 Å². The first kappa shape index (κ1) is 17.8. The monoisotopic (exact) mass is 373 g/mol. The molecule has 3 nitrogen and oxygen atoms in total. The molecule has 0 radical (unpaired) electrons. The summed E-state index contributed by atoms with van der Waals surface area (Å²) in [4.78, 5) is 7.54. The molecule has 2 aliphatic rings. The van der Waals surface area contributed by atoms with Gasteiger partial charge < -0.3 is 9.47 Å². The van der Waals surface area contributed by atoms with Gasteiger partial charge in [0.25, 0.3) is 0 Å². The van der Waals surface area contributed by atoms with Gasteiger partial charge in [-0.15, -0.1) is 0 Å². The van der Waals surface area contributed by atoms with Crippen molar-refractivity contribution in [1.29, 1.82) is 0 Å². The molecule has 0 aliphatic carbocycles. The first-order chi connectivity index (χ1) is 13.1. The van der Waals surface area contributed by atoms with E-state index in [1.807, 2.05) is 6.20 Å². The van der Waals surface area contributed by atoms with Gasteiger partial charge in [-0.1, -0.05) is 45.9 Å². The summed E-state index contributed by atoms with van der Waals surface area (Å²) in [7, 11) is 2.22. The lowest BCUT2D eigenvalue weighted by Gasteiger charge is -2.62. The number of hydrogen-bond acceptors (Lipinski definition) is 2. The van der Waals surface area contributed by atoms with E-state index >= 15 is 0 Å². The van der Waals surface area contributed by atoms with Crippen molar-refractivity contribution in [3.63, 3.8) is 0 Å². The van der Waals surface area contributed by atoms with Gasteiger partial charge in [0.15, 0.2) is 0 Å². The number of aryl methyl sites for hydroxylation is 2. The van der Waals surface area contributed by atoms with Gasteiger partial charge >= 0.3 is 0 Å². The summed E-state index contributed by atoms with van der Waals surface area (Å²) in [5.41, 5.74) is 9.41. The lowest BCUT2D eigenvalue weighted by atomic mass is 9.52. The predicted octanol–water partition coefficient (Wildman–Crippen LogP) is 6.00. The van der Waals surface area contributed by atoms with Gasteiger partial charge in [0.1, 0.15) is 0 Å². The highest BCUT2D eigenvalue weighted by Crippen LogP contribution is 2.68. The molecule has 2 unspecified atom stereocenters. The summed E-state index contributed by atoms with van der Waals surface area (Å²) in [6.45, 7) is 16.9. The number of rotatable bonds is 0. The Bertz CT molecular complexity index is 1130. The molecule has 2 aromatic heterocycles. The maximum Gasteiger partial charge on any atom is 0.0937 e. The van der Waals surface area contributed by atoms with E-state index in [1.165, 1.54) is 33.6 Å². The number of anilines is 1. The van der Waals surface area contributed by atoms with E-state index in [0.29, 0.717) is 0 Å². The fourth-order valence-corrected chi connectivity index (χ4v) is 6.35. The molecule has 1 aromatic carbocycles. The van der Waals surface area contributed by atoms with Gasteiger partial charge in [-0.2, -0.15) is 0 Å². The minimum absolute atomic E-state index is 0.0163. The van der Waals surface area contributed by atoms with Crippen molar-refractivity contribution in [3.05, 3.63) is 58.9 Å². The maximum absolute atomic E-state index is 4.83. The molecule has 3 heteroatoms. The van der Waals surface area contributed by atoms with Gasteiger partial charge in [-0.05, 0) is 49.4 Å². The van der Waals surface area contributed by atoms with Gasteiger partial charge in [0.05, 0.1) is 28.3 Å². The molecule has 3 aromatic rings. The minimum atomic E-state index is -0.125.